The maximum Gasteiger partial charge on any atom is 0.120 e. The van der Waals surface area contributed by atoms with Crippen molar-refractivity contribution in [2.45, 2.75) is 58.5 Å². The molecule has 0 fully saturated rings. The van der Waals surface area contributed by atoms with Crippen molar-refractivity contribution in [2.75, 3.05) is 0 Å². The van der Waals surface area contributed by atoms with Crippen LogP contribution in [-0.4, -0.2) is 17.0 Å². The average Bonchev–Trinajstić information content (AvgIpc) is 2.14. The Bertz CT molecular complexity index is 192. The second kappa shape index (κ2) is 6.77. The Morgan fingerprint density at radius 2 is 2.07 bits per heavy atom. The van der Waals surface area contributed by atoms with Crippen LogP contribution in [0, 0.1) is 0 Å². The van der Waals surface area contributed by atoms with Gasteiger partial charge in [0.15, 0.2) is 0 Å². The minimum absolute atomic E-state index is 0.540. The summed E-state index contributed by atoms with van der Waals surface area (Å²) >= 11 is 0. The van der Waals surface area contributed by atoms with E-state index in [1.807, 2.05) is 20.8 Å². The lowest BCUT2D eigenvalue weighted by atomic mass is 9.96. The fraction of sp³-hybridized carbons (Fsp3) is 0.750. The molecule has 0 saturated carbocycles. The molecule has 0 aliphatic carbocycles. The largest absolute Gasteiger partial charge is 0.390 e. The van der Waals surface area contributed by atoms with E-state index in [2.05, 4.69) is 6.08 Å². The summed E-state index contributed by atoms with van der Waals surface area (Å²) in [7, 11) is 0. The molecule has 0 amide bonds. The number of aldehydes is 1. The Kier molecular flexibility index (Phi) is 6.46. The minimum Gasteiger partial charge on any atom is -0.390 e. The standard InChI is InChI=1S/C12H22O2/c1-4-12(3,14)9-5-7-11(2)8-6-10-13/h7,10,14H,4-6,8-9H2,1-3H3. The second-order valence-corrected chi connectivity index (χ2v) is 4.14. The van der Waals surface area contributed by atoms with Crippen molar-refractivity contribution in [1.29, 1.82) is 0 Å². The highest BCUT2D eigenvalue weighted by Gasteiger charge is 2.15. The SMILES string of the molecule is CCC(C)(O)CCC=C(C)CCC=O. The predicted octanol–water partition coefficient (Wildman–Crippen LogP) is 2.85. The molecule has 0 aromatic heterocycles. The number of allylic oxidation sites excluding steroid dienone is 2. The smallest absolute Gasteiger partial charge is 0.120 e. The van der Waals surface area contributed by atoms with Gasteiger partial charge in [-0.1, -0.05) is 18.6 Å². The monoisotopic (exact) mass is 198 g/mol. The Morgan fingerprint density at radius 1 is 1.43 bits per heavy atom. The van der Waals surface area contributed by atoms with Gasteiger partial charge in [0.05, 0.1) is 5.60 Å². The van der Waals surface area contributed by atoms with Gasteiger partial charge in [-0.25, -0.2) is 0 Å². The summed E-state index contributed by atoms with van der Waals surface area (Å²) in [5.41, 5.74) is 0.700. The second-order valence-electron chi connectivity index (χ2n) is 4.14. The van der Waals surface area contributed by atoms with Crippen molar-refractivity contribution in [2.24, 2.45) is 0 Å². The van der Waals surface area contributed by atoms with Crippen LogP contribution in [0.2, 0.25) is 0 Å². The average molecular weight is 198 g/mol. The molecule has 14 heavy (non-hydrogen) atoms. The first kappa shape index (κ1) is 13.4. The van der Waals surface area contributed by atoms with E-state index in [0.717, 1.165) is 32.0 Å². The summed E-state index contributed by atoms with van der Waals surface area (Å²) in [6, 6.07) is 0. The first-order chi connectivity index (χ1) is 6.52. The van der Waals surface area contributed by atoms with E-state index >= 15 is 0 Å². The lowest BCUT2D eigenvalue weighted by Gasteiger charge is -2.20. The molecule has 0 aromatic carbocycles. The first-order valence-electron chi connectivity index (χ1n) is 5.33. The number of rotatable bonds is 7. The van der Waals surface area contributed by atoms with E-state index < -0.39 is 5.60 Å². The number of hydrogen-bond donors (Lipinski definition) is 1. The van der Waals surface area contributed by atoms with Gasteiger partial charge in [0.1, 0.15) is 6.29 Å². The normalized spacial score (nSPS) is 16.4. The molecule has 1 N–H and O–H groups in total. The van der Waals surface area contributed by atoms with Gasteiger partial charge in [-0.15, -0.1) is 0 Å². The van der Waals surface area contributed by atoms with E-state index in [0.29, 0.717) is 6.42 Å². The summed E-state index contributed by atoms with van der Waals surface area (Å²) in [4.78, 5) is 10.1. The molecule has 82 valence electrons. The molecule has 2 nitrogen and oxygen atoms in total. The topological polar surface area (TPSA) is 37.3 Å². The zero-order chi connectivity index (χ0) is 11.0. The highest BCUT2D eigenvalue weighted by molar-refractivity contribution is 5.49. The Hall–Kier alpha value is -0.630. The molecule has 1 unspecified atom stereocenters. The zero-order valence-electron chi connectivity index (χ0n) is 9.55. The Labute approximate surface area is 87.0 Å². The third-order valence-electron chi connectivity index (χ3n) is 2.59. The van der Waals surface area contributed by atoms with Crippen LogP contribution >= 0.6 is 0 Å². The Morgan fingerprint density at radius 3 is 2.57 bits per heavy atom. The molecule has 0 bridgehead atoms. The van der Waals surface area contributed by atoms with Crippen LogP contribution in [0.1, 0.15) is 52.9 Å². The molecule has 0 saturated heterocycles. The van der Waals surface area contributed by atoms with Crippen molar-refractivity contribution < 1.29 is 9.90 Å². The van der Waals surface area contributed by atoms with Crippen LogP contribution in [0.5, 0.6) is 0 Å². The van der Waals surface area contributed by atoms with E-state index in [4.69, 9.17) is 0 Å². The van der Waals surface area contributed by atoms with Crippen LogP contribution in [0.25, 0.3) is 0 Å². The molecule has 0 aromatic rings. The van der Waals surface area contributed by atoms with Crippen LogP contribution in [0.4, 0.5) is 0 Å². The van der Waals surface area contributed by atoms with Crippen molar-refractivity contribution in [3.63, 3.8) is 0 Å². The minimum atomic E-state index is -0.540. The van der Waals surface area contributed by atoms with Crippen LogP contribution in [-0.2, 0) is 4.79 Å². The lowest BCUT2D eigenvalue weighted by molar-refractivity contribution is -0.107. The number of hydrogen-bond acceptors (Lipinski definition) is 2. The molecular formula is C12H22O2. The molecule has 1 atom stereocenters. The molecule has 0 radical (unpaired) electrons. The summed E-state index contributed by atoms with van der Waals surface area (Å²) in [6.45, 7) is 5.88. The first-order valence-corrected chi connectivity index (χ1v) is 5.33. The molecule has 0 aliphatic heterocycles. The van der Waals surface area contributed by atoms with Crippen LogP contribution in [0.3, 0.4) is 0 Å². The van der Waals surface area contributed by atoms with Gasteiger partial charge < -0.3 is 9.90 Å². The summed E-state index contributed by atoms with van der Waals surface area (Å²) < 4.78 is 0. The summed E-state index contributed by atoms with van der Waals surface area (Å²) in [5.74, 6) is 0. The third kappa shape index (κ3) is 6.84. The van der Waals surface area contributed by atoms with E-state index in [9.17, 15) is 9.90 Å². The quantitative estimate of drug-likeness (QED) is 0.504. The highest BCUT2D eigenvalue weighted by Crippen LogP contribution is 2.17. The fourth-order valence-electron chi connectivity index (χ4n) is 1.19. The lowest BCUT2D eigenvalue weighted by Crippen LogP contribution is -2.21. The summed E-state index contributed by atoms with van der Waals surface area (Å²) in [6.07, 6.45) is 6.99. The number of aliphatic hydroxyl groups is 1. The van der Waals surface area contributed by atoms with Gasteiger partial charge in [0.25, 0.3) is 0 Å². The molecular weight excluding hydrogens is 176 g/mol. The van der Waals surface area contributed by atoms with Crippen molar-refractivity contribution >= 4 is 6.29 Å². The zero-order valence-corrected chi connectivity index (χ0v) is 9.55. The van der Waals surface area contributed by atoms with E-state index in [1.54, 1.807) is 0 Å². The van der Waals surface area contributed by atoms with Gasteiger partial charge in [-0.05, 0) is 39.5 Å². The van der Waals surface area contributed by atoms with Gasteiger partial charge in [-0.3, -0.25) is 0 Å². The fourth-order valence-corrected chi connectivity index (χ4v) is 1.19. The molecule has 0 heterocycles. The highest BCUT2D eigenvalue weighted by atomic mass is 16.3. The van der Waals surface area contributed by atoms with Crippen LogP contribution < -0.4 is 0 Å². The van der Waals surface area contributed by atoms with E-state index in [-0.39, 0.29) is 0 Å². The Balaban J connectivity index is 3.75. The van der Waals surface area contributed by atoms with Gasteiger partial charge in [0.2, 0.25) is 0 Å². The maximum absolute atomic E-state index is 10.1. The molecule has 0 rings (SSSR count). The molecule has 2 heteroatoms. The van der Waals surface area contributed by atoms with Crippen molar-refractivity contribution in [3.8, 4) is 0 Å². The van der Waals surface area contributed by atoms with Crippen LogP contribution in [0.15, 0.2) is 11.6 Å². The van der Waals surface area contributed by atoms with Gasteiger partial charge >= 0.3 is 0 Å². The van der Waals surface area contributed by atoms with Gasteiger partial charge in [0, 0.05) is 6.42 Å². The molecule has 0 spiro atoms. The number of carbonyl (C=O) groups excluding carboxylic acids is 1. The third-order valence-corrected chi connectivity index (χ3v) is 2.59. The predicted molar refractivity (Wildman–Crippen MR) is 59.2 cm³/mol. The van der Waals surface area contributed by atoms with Crippen molar-refractivity contribution in [3.05, 3.63) is 11.6 Å². The molecule has 0 aliphatic rings. The maximum atomic E-state index is 10.1. The van der Waals surface area contributed by atoms with Crippen molar-refractivity contribution in [1.82, 2.24) is 0 Å². The van der Waals surface area contributed by atoms with Gasteiger partial charge in [-0.2, -0.15) is 0 Å². The number of carbonyl (C=O) groups is 1. The summed E-state index contributed by atoms with van der Waals surface area (Å²) in [5, 5.41) is 9.73. The van der Waals surface area contributed by atoms with E-state index in [1.165, 1.54) is 5.57 Å².